The Morgan fingerprint density at radius 1 is 1.35 bits per heavy atom. The summed E-state index contributed by atoms with van der Waals surface area (Å²) in [4.78, 5) is 10.5. The lowest BCUT2D eigenvalue weighted by molar-refractivity contribution is -0.274. The van der Waals surface area contributed by atoms with Crippen LogP contribution < -0.4 is 16.2 Å². The zero-order valence-corrected chi connectivity index (χ0v) is 8.49. The third-order valence-electron chi connectivity index (χ3n) is 1.72. The highest BCUT2D eigenvalue weighted by molar-refractivity contribution is 5.91. The zero-order chi connectivity index (χ0) is 13.1. The maximum atomic E-state index is 11.9. The molecule has 0 fully saturated rings. The van der Waals surface area contributed by atoms with Crippen LogP contribution in [0.1, 0.15) is 5.56 Å². The van der Waals surface area contributed by atoms with Crippen LogP contribution in [-0.2, 0) is 4.79 Å². The number of anilines is 1. The molecular formula is C10H9F3N2O2. The van der Waals surface area contributed by atoms with Crippen molar-refractivity contribution in [1.29, 1.82) is 0 Å². The van der Waals surface area contributed by atoms with Gasteiger partial charge in [0.25, 0.3) is 0 Å². The summed E-state index contributed by atoms with van der Waals surface area (Å²) in [5.74, 6) is -1.15. The first kappa shape index (κ1) is 12.9. The molecule has 0 aliphatic rings. The summed E-state index contributed by atoms with van der Waals surface area (Å²) in [5.41, 5.74) is 10.8. The van der Waals surface area contributed by atoms with Gasteiger partial charge in [0.2, 0.25) is 5.91 Å². The van der Waals surface area contributed by atoms with E-state index in [9.17, 15) is 18.0 Å². The maximum Gasteiger partial charge on any atom is 0.573 e. The SMILES string of the molecule is NC(=O)C=Cc1cc(OC(F)(F)F)ccc1N. The molecule has 0 spiro atoms. The first-order valence-corrected chi connectivity index (χ1v) is 4.41. The number of ether oxygens (including phenoxy) is 1. The van der Waals surface area contributed by atoms with Crippen molar-refractivity contribution in [2.24, 2.45) is 5.73 Å². The number of carbonyl (C=O) groups is 1. The van der Waals surface area contributed by atoms with Gasteiger partial charge in [-0.25, -0.2) is 0 Å². The average molecular weight is 246 g/mol. The largest absolute Gasteiger partial charge is 0.573 e. The Labute approximate surface area is 94.7 Å². The molecular weight excluding hydrogens is 237 g/mol. The van der Waals surface area contributed by atoms with Gasteiger partial charge in [-0.3, -0.25) is 4.79 Å². The molecule has 0 saturated carbocycles. The highest BCUT2D eigenvalue weighted by Crippen LogP contribution is 2.26. The van der Waals surface area contributed by atoms with Gasteiger partial charge in [0.05, 0.1) is 0 Å². The summed E-state index contributed by atoms with van der Waals surface area (Å²) >= 11 is 0. The third kappa shape index (κ3) is 4.45. The molecule has 0 aliphatic carbocycles. The van der Waals surface area contributed by atoms with E-state index in [1.165, 1.54) is 12.1 Å². The van der Waals surface area contributed by atoms with Gasteiger partial charge in [0.15, 0.2) is 0 Å². The molecule has 17 heavy (non-hydrogen) atoms. The van der Waals surface area contributed by atoms with Crippen LogP contribution in [0.5, 0.6) is 5.75 Å². The lowest BCUT2D eigenvalue weighted by Gasteiger charge is -2.10. The summed E-state index contributed by atoms with van der Waals surface area (Å²) in [6.07, 6.45) is -2.58. The number of alkyl halides is 3. The topological polar surface area (TPSA) is 78.3 Å². The molecule has 0 saturated heterocycles. The first-order valence-electron chi connectivity index (χ1n) is 4.41. The lowest BCUT2D eigenvalue weighted by Crippen LogP contribution is -2.17. The molecule has 4 nitrogen and oxygen atoms in total. The minimum absolute atomic E-state index is 0.206. The van der Waals surface area contributed by atoms with Crippen molar-refractivity contribution in [2.75, 3.05) is 5.73 Å². The fourth-order valence-corrected chi connectivity index (χ4v) is 1.07. The van der Waals surface area contributed by atoms with Crippen LogP contribution in [0, 0.1) is 0 Å². The van der Waals surface area contributed by atoms with E-state index in [0.29, 0.717) is 0 Å². The van der Waals surface area contributed by atoms with Crippen molar-refractivity contribution in [3.63, 3.8) is 0 Å². The second kappa shape index (κ2) is 4.77. The highest BCUT2D eigenvalue weighted by atomic mass is 19.4. The Morgan fingerprint density at radius 2 is 2.00 bits per heavy atom. The molecule has 1 amide bonds. The summed E-state index contributed by atoms with van der Waals surface area (Å²) in [5, 5.41) is 0. The van der Waals surface area contributed by atoms with E-state index >= 15 is 0 Å². The number of nitrogen functional groups attached to an aromatic ring is 1. The van der Waals surface area contributed by atoms with Crippen LogP contribution in [0.15, 0.2) is 24.3 Å². The minimum Gasteiger partial charge on any atom is -0.406 e. The number of benzene rings is 1. The van der Waals surface area contributed by atoms with Gasteiger partial charge in [0.1, 0.15) is 5.75 Å². The van der Waals surface area contributed by atoms with Crippen LogP contribution in [0.4, 0.5) is 18.9 Å². The average Bonchev–Trinajstić information content (AvgIpc) is 2.16. The van der Waals surface area contributed by atoms with E-state index in [1.54, 1.807) is 0 Å². The first-order chi connectivity index (χ1) is 7.78. The Bertz CT molecular complexity index is 455. The fourth-order valence-electron chi connectivity index (χ4n) is 1.07. The smallest absolute Gasteiger partial charge is 0.406 e. The number of halogens is 3. The molecule has 0 aromatic heterocycles. The van der Waals surface area contributed by atoms with Gasteiger partial charge in [-0.05, 0) is 24.3 Å². The Balaban J connectivity index is 2.98. The van der Waals surface area contributed by atoms with Crippen LogP contribution in [-0.4, -0.2) is 12.3 Å². The second-order valence-electron chi connectivity index (χ2n) is 3.07. The van der Waals surface area contributed by atoms with Crippen LogP contribution >= 0.6 is 0 Å². The van der Waals surface area contributed by atoms with Gasteiger partial charge in [-0.1, -0.05) is 0 Å². The van der Waals surface area contributed by atoms with E-state index in [-0.39, 0.29) is 11.3 Å². The van der Waals surface area contributed by atoms with Crippen molar-refractivity contribution in [1.82, 2.24) is 0 Å². The predicted molar refractivity (Wildman–Crippen MR) is 55.8 cm³/mol. The molecule has 0 heterocycles. The quantitative estimate of drug-likeness (QED) is 0.629. The van der Waals surface area contributed by atoms with E-state index < -0.39 is 18.0 Å². The fraction of sp³-hybridized carbons (Fsp3) is 0.100. The molecule has 0 atom stereocenters. The van der Waals surface area contributed by atoms with Gasteiger partial charge in [-0.2, -0.15) is 0 Å². The van der Waals surface area contributed by atoms with Crippen molar-refractivity contribution >= 4 is 17.7 Å². The normalized spacial score (nSPS) is 11.7. The van der Waals surface area contributed by atoms with Crippen molar-refractivity contribution in [3.05, 3.63) is 29.8 Å². The number of rotatable bonds is 3. The molecule has 4 N–H and O–H groups in total. The minimum atomic E-state index is -4.78. The molecule has 1 aromatic carbocycles. The molecule has 7 heteroatoms. The van der Waals surface area contributed by atoms with Crippen LogP contribution in [0.3, 0.4) is 0 Å². The van der Waals surface area contributed by atoms with E-state index in [0.717, 1.165) is 18.2 Å². The van der Waals surface area contributed by atoms with Crippen molar-refractivity contribution in [3.8, 4) is 5.75 Å². The van der Waals surface area contributed by atoms with Crippen LogP contribution in [0.25, 0.3) is 6.08 Å². The summed E-state index contributed by atoms with van der Waals surface area (Å²) in [7, 11) is 0. The molecule has 1 rings (SSSR count). The van der Waals surface area contributed by atoms with Gasteiger partial charge in [0, 0.05) is 17.3 Å². The zero-order valence-electron chi connectivity index (χ0n) is 8.49. The van der Waals surface area contributed by atoms with Crippen LogP contribution in [0.2, 0.25) is 0 Å². The Kier molecular flexibility index (Phi) is 3.62. The second-order valence-corrected chi connectivity index (χ2v) is 3.07. The maximum absolute atomic E-state index is 11.9. The number of hydrogen-bond donors (Lipinski definition) is 2. The van der Waals surface area contributed by atoms with E-state index in [4.69, 9.17) is 11.5 Å². The summed E-state index contributed by atoms with van der Waals surface area (Å²) in [6.45, 7) is 0. The van der Waals surface area contributed by atoms with Crippen molar-refractivity contribution in [2.45, 2.75) is 6.36 Å². The summed E-state index contributed by atoms with van der Waals surface area (Å²) < 4.78 is 39.5. The number of carbonyl (C=O) groups excluding carboxylic acids is 1. The Hall–Kier alpha value is -2.18. The number of primary amides is 1. The number of hydrogen-bond acceptors (Lipinski definition) is 3. The number of amides is 1. The molecule has 0 aliphatic heterocycles. The monoisotopic (exact) mass is 246 g/mol. The van der Waals surface area contributed by atoms with Crippen molar-refractivity contribution < 1.29 is 22.7 Å². The third-order valence-corrected chi connectivity index (χ3v) is 1.72. The predicted octanol–water partition coefficient (Wildman–Crippen LogP) is 1.67. The van der Waals surface area contributed by atoms with Gasteiger partial charge < -0.3 is 16.2 Å². The van der Waals surface area contributed by atoms with E-state index in [2.05, 4.69) is 4.74 Å². The molecule has 1 aromatic rings. The summed E-state index contributed by atoms with van der Waals surface area (Å²) in [6, 6.07) is 3.37. The van der Waals surface area contributed by atoms with Gasteiger partial charge >= 0.3 is 6.36 Å². The lowest BCUT2D eigenvalue weighted by atomic mass is 10.1. The van der Waals surface area contributed by atoms with Gasteiger partial charge in [-0.15, -0.1) is 13.2 Å². The highest BCUT2D eigenvalue weighted by Gasteiger charge is 2.31. The molecule has 0 bridgehead atoms. The molecule has 92 valence electrons. The number of nitrogens with two attached hydrogens (primary N) is 2. The molecule has 0 unspecified atom stereocenters. The Morgan fingerprint density at radius 3 is 2.53 bits per heavy atom. The van der Waals surface area contributed by atoms with E-state index in [1.807, 2.05) is 0 Å². The molecule has 0 radical (unpaired) electrons. The standard InChI is InChI=1S/C10H9F3N2O2/c11-10(12,13)17-7-2-3-8(14)6(5-7)1-4-9(15)16/h1-5H,14H2,(H2,15,16).